The highest BCUT2D eigenvalue weighted by molar-refractivity contribution is 6.23. The zero-order valence-electron chi connectivity index (χ0n) is 6.29. The van der Waals surface area contributed by atoms with Crippen LogP contribution in [0.5, 0.6) is 0 Å². The van der Waals surface area contributed by atoms with Crippen LogP contribution in [-0.4, -0.2) is 23.9 Å². The zero-order chi connectivity index (χ0) is 11.7. The fraction of sp³-hybridized carbons (Fsp3) is 0.333. The van der Waals surface area contributed by atoms with Crippen LogP contribution >= 0.6 is 0 Å². The molecule has 0 N–H and O–H groups in total. The maximum atomic E-state index is 11.5. The summed E-state index contributed by atoms with van der Waals surface area (Å²) in [6.07, 6.45) is -11.1. The molecule has 0 unspecified atom stereocenters. The Morgan fingerprint density at radius 1 is 0.786 bits per heavy atom. The molecule has 8 heteroatoms. The van der Waals surface area contributed by atoms with Gasteiger partial charge >= 0.3 is 12.4 Å². The van der Waals surface area contributed by atoms with Gasteiger partial charge in [-0.3, -0.25) is 9.59 Å². The van der Waals surface area contributed by atoms with Gasteiger partial charge in [-0.05, 0) is 0 Å². The summed E-state index contributed by atoms with van der Waals surface area (Å²) in [4.78, 5) is 20.2. The second-order valence-corrected chi connectivity index (χ2v) is 2.13. The van der Waals surface area contributed by atoms with Gasteiger partial charge in [0.15, 0.2) is 0 Å². The number of alkyl halides is 6. The lowest BCUT2D eigenvalue weighted by molar-refractivity contribution is -0.175. The number of halogens is 6. The van der Waals surface area contributed by atoms with Gasteiger partial charge in [-0.15, -0.1) is 0 Å². The van der Waals surface area contributed by atoms with Crippen molar-refractivity contribution in [3.63, 3.8) is 0 Å². The normalized spacial score (nSPS) is 12.4. The predicted molar refractivity (Wildman–Crippen MR) is 31.3 cm³/mol. The highest BCUT2D eigenvalue weighted by Gasteiger charge is 2.49. The summed E-state index contributed by atoms with van der Waals surface area (Å²) in [7, 11) is 0. The second-order valence-electron chi connectivity index (χ2n) is 2.13. The quantitative estimate of drug-likeness (QED) is 0.308. The molecule has 0 fully saturated rings. The highest BCUT2D eigenvalue weighted by atomic mass is 19.4. The van der Waals surface area contributed by atoms with Crippen molar-refractivity contribution in [2.75, 3.05) is 0 Å². The van der Waals surface area contributed by atoms with Crippen LogP contribution in [0.1, 0.15) is 0 Å². The summed E-state index contributed by atoms with van der Waals surface area (Å²) >= 11 is 0. The molecule has 0 aliphatic rings. The van der Waals surface area contributed by atoms with E-state index < -0.39 is 29.5 Å². The van der Waals surface area contributed by atoms with E-state index in [1.807, 2.05) is 0 Å². The monoisotopic (exact) mass is 220 g/mol. The Labute approximate surface area is 73.2 Å². The van der Waals surface area contributed by atoms with Crippen LogP contribution in [0.4, 0.5) is 26.3 Å². The first-order chi connectivity index (χ1) is 5.98. The van der Waals surface area contributed by atoms with Crippen LogP contribution in [-0.2, 0) is 9.59 Å². The Balaban J connectivity index is 4.85. The molecule has 0 spiro atoms. The molecule has 80 valence electrons. The predicted octanol–water partition coefficient (Wildman–Crippen LogP) is 1.81. The van der Waals surface area contributed by atoms with Crippen molar-refractivity contribution in [3.8, 4) is 0 Å². The largest absolute Gasteiger partial charge is 0.454 e. The molecule has 2 nitrogen and oxygen atoms in total. The third-order valence-corrected chi connectivity index (χ3v) is 1.06. The van der Waals surface area contributed by atoms with Crippen LogP contribution in [0.2, 0.25) is 0 Å². The molecule has 0 saturated carbocycles. The minimum absolute atomic E-state index is 2.13. The van der Waals surface area contributed by atoms with E-state index in [2.05, 4.69) is 6.58 Å². The molecule has 0 aromatic heterocycles. The molecule has 0 amide bonds. The van der Waals surface area contributed by atoms with Gasteiger partial charge in [-0.2, -0.15) is 26.3 Å². The molecule has 14 heavy (non-hydrogen) atoms. The van der Waals surface area contributed by atoms with Crippen molar-refractivity contribution in [2.45, 2.75) is 12.4 Å². The molecule has 0 saturated heterocycles. The first-order valence-electron chi connectivity index (χ1n) is 2.90. The zero-order valence-corrected chi connectivity index (χ0v) is 6.29. The average molecular weight is 220 g/mol. The molecule has 0 aliphatic heterocycles. The van der Waals surface area contributed by atoms with Crippen LogP contribution in [0, 0.1) is 0 Å². The Kier molecular flexibility index (Phi) is 3.10. The van der Waals surface area contributed by atoms with Gasteiger partial charge in [0, 0.05) is 0 Å². The third-order valence-electron chi connectivity index (χ3n) is 1.06. The van der Waals surface area contributed by atoms with Gasteiger partial charge < -0.3 is 0 Å². The molecular formula is C6H2F6O2. The van der Waals surface area contributed by atoms with Crippen LogP contribution in [0.25, 0.3) is 0 Å². The number of Topliss-reactive ketones (excluding diaryl/α,β-unsaturated/α-hetero) is 2. The minimum Gasteiger partial charge on any atom is -0.284 e. The summed E-state index contributed by atoms with van der Waals surface area (Å²) < 4.78 is 69.1. The van der Waals surface area contributed by atoms with Gasteiger partial charge in [-0.1, -0.05) is 6.58 Å². The summed E-state index contributed by atoms with van der Waals surface area (Å²) in [6, 6.07) is 0. The van der Waals surface area contributed by atoms with Crippen molar-refractivity contribution in [1.82, 2.24) is 0 Å². The van der Waals surface area contributed by atoms with Crippen molar-refractivity contribution in [1.29, 1.82) is 0 Å². The van der Waals surface area contributed by atoms with Gasteiger partial charge in [0.1, 0.15) is 0 Å². The summed E-state index contributed by atoms with van der Waals surface area (Å²) in [5.74, 6) is -5.78. The Bertz CT molecular complexity index is 256. The molecule has 0 aromatic rings. The van der Waals surface area contributed by atoms with E-state index in [-0.39, 0.29) is 0 Å². The van der Waals surface area contributed by atoms with E-state index >= 15 is 0 Å². The molecule has 0 heterocycles. The number of ketones is 2. The van der Waals surface area contributed by atoms with Crippen molar-refractivity contribution >= 4 is 11.6 Å². The Hall–Kier alpha value is -1.34. The standard InChI is InChI=1S/C6H2F6O2/c1-2(3(13)5(7,8)9)4(14)6(10,11)12/h1H2. The minimum atomic E-state index is -5.53. The lowest BCUT2D eigenvalue weighted by Gasteiger charge is -2.08. The van der Waals surface area contributed by atoms with Gasteiger partial charge in [0.05, 0.1) is 5.57 Å². The number of carbonyl (C=O) groups excluding carboxylic acids is 2. The Morgan fingerprint density at radius 3 is 1.14 bits per heavy atom. The number of allylic oxidation sites excluding steroid dienone is 1. The topological polar surface area (TPSA) is 34.1 Å². The SMILES string of the molecule is C=C(C(=O)C(F)(F)F)C(=O)C(F)(F)F. The lowest BCUT2D eigenvalue weighted by Crippen LogP contribution is -2.34. The molecule has 0 rings (SSSR count). The molecule has 0 bridgehead atoms. The van der Waals surface area contributed by atoms with E-state index in [1.54, 1.807) is 0 Å². The first-order valence-corrected chi connectivity index (χ1v) is 2.90. The highest BCUT2D eigenvalue weighted by Crippen LogP contribution is 2.26. The maximum Gasteiger partial charge on any atom is 0.454 e. The molecule has 0 aromatic carbocycles. The van der Waals surface area contributed by atoms with Crippen molar-refractivity contribution < 1.29 is 35.9 Å². The van der Waals surface area contributed by atoms with Crippen molar-refractivity contribution in [3.05, 3.63) is 12.2 Å². The van der Waals surface area contributed by atoms with Crippen LogP contribution in [0.3, 0.4) is 0 Å². The van der Waals surface area contributed by atoms with Crippen molar-refractivity contribution in [2.24, 2.45) is 0 Å². The average Bonchev–Trinajstić information content (AvgIpc) is 1.97. The van der Waals surface area contributed by atoms with E-state index in [9.17, 15) is 35.9 Å². The smallest absolute Gasteiger partial charge is 0.284 e. The number of rotatable bonds is 2. The fourth-order valence-corrected chi connectivity index (χ4v) is 0.445. The number of hydrogen-bond donors (Lipinski definition) is 0. The lowest BCUT2D eigenvalue weighted by atomic mass is 10.1. The third kappa shape index (κ3) is 2.86. The van der Waals surface area contributed by atoms with Gasteiger partial charge in [-0.25, -0.2) is 0 Å². The van der Waals surface area contributed by atoms with E-state index in [1.165, 1.54) is 0 Å². The summed E-state index contributed by atoms with van der Waals surface area (Å²) in [6.45, 7) is 2.15. The number of carbonyl (C=O) groups is 2. The maximum absolute atomic E-state index is 11.5. The van der Waals surface area contributed by atoms with Gasteiger partial charge in [0.25, 0.3) is 11.6 Å². The van der Waals surface area contributed by atoms with E-state index in [4.69, 9.17) is 0 Å². The van der Waals surface area contributed by atoms with Crippen LogP contribution in [0.15, 0.2) is 12.2 Å². The van der Waals surface area contributed by atoms with E-state index in [0.717, 1.165) is 0 Å². The molecule has 0 atom stereocenters. The number of hydrogen-bond acceptors (Lipinski definition) is 2. The second kappa shape index (κ2) is 3.43. The molecule has 0 radical (unpaired) electrons. The summed E-state index contributed by atoms with van der Waals surface area (Å²) in [5, 5.41) is 0. The fourth-order valence-electron chi connectivity index (χ4n) is 0.445. The first kappa shape index (κ1) is 12.7. The van der Waals surface area contributed by atoms with E-state index in [0.29, 0.717) is 0 Å². The van der Waals surface area contributed by atoms with Crippen LogP contribution < -0.4 is 0 Å². The Morgan fingerprint density at radius 2 is 1.00 bits per heavy atom. The van der Waals surface area contributed by atoms with Gasteiger partial charge in [0.2, 0.25) is 0 Å². The molecular weight excluding hydrogens is 218 g/mol. The summed E-state index contributed by atoms with van der Waals surface area (Å²) in [5.41, 5.74) is -2.13. The molecule has 0 aliphatic carbocycles.